The number of amides is 2. The third-order valence-electron chi connectivity index (χ3n) is 3.56. The zero-order valence-corrected chi connectivity index (χ0v) is 15.3. The first-order valence-corrected chi connectivity index (χ1v) is 8.94. The summed E-state index contributed by atoms with van der Waals surface area (Å²) in [6, 6.07) is 7.27. The summed E-state index contributed by atoms with van der Waals surface area (Å²) in [4.78, 5) is 36.9. The zero-order chi connectivity index (χ0) is 18.4. The van der Waals surface area contributed by atoms with Crippen LogP contribution < -0.4 is 4.74 Å². The van der Waals surface area contributed by atoms with Gasteiger partial charge in [-0.15, -0.1) is 0 Å². The monoisotopic (exact) mass is 363 g/mol. The molecule has 0 spiro atoms. The van der Waals surface area contributed by atoms with Crippen LogP contribution in [-0.4, -0.2) is 41.3 Å². The third kappa shape index (κ3) is 5.09. The SMILES string of the molecule is CCOC(=O)CN1C(=O)S/C(=C\c2ccc(O[C@H](C)CC)cc2)C1=O. The van der Waals surface area contributed by atoms with Crippen LogP contribution in [0.4, 0.5) is 4.79 Å². The second kappa shape index (κ2) is 8.71. The van der Waals surface area contributed by atoms with Crippen LogP contribution in [0.25, 0.3) is 6.08 Å². The Balaban J connectivity index is 2.07. The van der Waals surface area contributed by atoms with Crippen LogP contribution in [0.15, 0.2) is 29.2 Å². The highest BCUT2D eigenvalue weighted by Crippen LogP contribution is 2.32. The van der Waals surface area contributed by atoms with E-state index < -0.39 is 17.1 Å². The molecule has 0 bridgehead atoms. The van der Waals surface area contributed by atoms with Gasteiger partial charge in [-0.2, -0.15) is 0 Å². The Kier molecular flexibility index (Phi) is 6.64. The molecule has 1 aromatic rings. The minimum atomic E-state index is -0.599. The number of ether oxygens (including phenoxy) is 2. The lowest BCUT2D eigenvalue weighted by molar-refractivity contribution is -0.145. The molecule has 1 aliphatic heterocycles. The Labute approximate surface area is 151 Å². The van der Waals surface area contributed by atoms with Crippen molar-refractivity contribution >= 4 is 35.0 Å². The minimum Gasteiger partial charge on any atom is -0.491 e. The fourth-order valence-corrected chi connectivity index (χ4v) is 2.92. The predicted octanol–water partition coefficient (Wildman–Crippen LogP) is 3.46. The van der Waals surface area contributed by atoms with Crippen LogP contribution in [0, 0.1) is 0 Å². The molecule has 1 saturated heterocycles. The molecule has 2 amide bonds. The van der Waals surface area contributed by atoms with Crippen molar-refractivity contribution in [1.29, 1.82) is 0 Å². The second-order valence-corrected chi connectivity index (χ2v) is 6.47. The van der Waals surface area contributed by atoms with E-state index in [4.69, 9.17) is 9.47 Å². The number of imide groups is 1. The largest absolute Gasteiger partial charge is 0.491 e. The second-order valence-electron chi connectivity index (χ2n) is 5.48. The van der Waals surface area contributed by atoms with Crippen LogP contribution in [-0.2, 0) is 14.3 Å². The van der Waals surface area contributed by atoms with Crippen molar-refractivity contribution in [3.8, 4) is 5.75 Å². The number of benzene rings is 1. The predicted molar refractivity (Wildman–Crippen MR) is 96.1 cm³/mol. The quantitative estimate of drug-likeness (QED) is 0.546. The summed E-state index contributed by atoms with van der Waals surface area (Å²) >= 11 is 0.815. The smallest absolute Gasteiger partial charge is 0.326 e. The summed E-state index contributed by atoms with van der Waals surface area (Å²) in [6.45, 7) is 5.55. The number of esters is 1. The number of nitrogens with zero attached hydrogens (tertiary/aromatic N) is 1. The van der Waals surface area contributed by atoms with Gasteiger partial charge < -0.3 is 9.47 Å². The minimum absolute atomic E-state index is 0.130. The maximum absolute atomic E-state index is 12.3. The maximum atomic E-state index is 12.3. The molecule has 0 unspecified atom stereocenters. The summed E-state index contributed by atoms with van der Waals surface area (Å²) in [5.41, 5.74) is 0.776. The highest BCUT2D eigenvalue weighted by Gasteiger charge is 2.36. The number of carbonyl (C=O) groups is 3. The van der Waals surface area contributed by atoms with E-state index in [1.165, 1.54) is 0 Å². The lowest BCUT2D eigenvalue weighted by Gasteiger charge is -2.12. The van der Waals surface area contributed by atoms with Gasteiger partial charge in [-0.1, -0.05) is 19.1 Å². The Morgan fingerprint density at radius 2 is 1.92 bits per heavy atom. The van der Waals surface area contributed by atoms with E-state index in [-0.39, 0.29) is 24.2 Å². The van der Waals surface area contributed by atoms with Gasteiger partial charge in [0.25, 0.3) is 11.1 Å². The highest BCUT2D eigenvalue weighted by atomic mass is 32.2. The van der Waals surface area contributed by atoms with Crippen molar-refractivity contribution in [3.63, 3.8) is 0 Å². The van der Waals surface area contributed by atoms with Gasteiger partial charge in [-0.05, 0) is 55.8 Å². The molecule has 2 rings (SSSR count). The van der Waals surface area contributed by atoms with Crippen molar-refractivity contribution in [2.24, 2.45) is 0 Å². The van der Waals surface area contributed by atoms with E-state index in [1.54, 1.807) is 13.0 Å². The molecule has 0 aromatic heterocycles. The highest BCUT2D eigenvalue weighted by molar-refractivity contribution is 8.18. The Bertz CT molecular complexity index is 683. The molecule has 7 heteroatoms. The van der Waals surface area contributed by atoms with Crippen molar-refractivity contribution in [2.45, 2.75) is 33.3 Å². The number of carbonyl (C=O) groups excluding carboxylic acids is 3. The van der Waals surface area contributed by atoms with E-state index in [1.807, 2.05) is 38.1 Å². The Morgan fingerprint density at radius 1 is 1.24 bits per heavy atom. The summed E-state index contributed by atoms with van der Waals surface area (Å²) in [5, 5.41) is -0.471. The molecule has 0 aliphatic carbocycles. The van der Waals surface area contributed by atoms with Gasteiger partial charge >= 0.3 is 5.97 Å². The summed E-state index contributed by atoms with van der Waals surface area (Å²) in [5.74, 6) is -0.331. The van der Waals surface area contributed by atoms with Crippen molar-refractivity contribution in [3.05, 3.63) is 34.7 Å². The molecule has 1 fully saturated rings. The van der Waals surface area contributed by atoms with Crippen LogP contribution in [0.5, 0.6) is 5.75 Å². The molecular weight excluding hydrogens is 342 g/mol. The number of hydrogen-bond donors (Lipinski definition) is 0. The average molecular weight is 363 g/mol. The van der Waals surface area contributed by atoms with Gasteiger partial charge in [0.15, 0.2) is 0 Å². The molecule has 1 atom stereocenters. The van der Waals surface area contributed by atoms with Crippen LogP contribution in [0.3, 0.4) is 0 Å². The molecule has 1 heterocycles. The fraction of sp³-hybridized carbons (Fsp3) is 0.389. The Morgan fingerprint density at radius 3 is 2.52 bits per heavy atom. The molecule has 134 valence electrons. The standard InChI is InChI=1S/C18H21NO5S/c1-4-12(3)24-14-8-6-13(7-9-14)10-15-17(21)19(18(22)25-15)11-16(20)23-5-2/h6-10,12H,4-5,11H2,1-3H3/b15-10-/t12-/m1/s1. The van der Waals surface area contributed by atoms with Crippen molar-refractivity contribution in [1.82, 2.24) is 4.90 Å². The normalized spacial score (nSPS) is 17.1. The molecule has 25 heavy (non-hydrogen) atoms. The summed E-state index contributed by atoms with van der Waals surface area (Å²) in [7, 11) is 0. The van der Waals surface area contributed by atoms with E-state index >= 15 is 0 Å². The van der Waals surface area contributed by atoms with Gasteiger partial charge in [-0.25, -0.2) is 0 Å². The lowest BCUT2D eigenvalue weighted by Crippen LogP contribution is -2.34. The van der Waals surface area contributed by atoms with E-state index in [0.29, 0.717) is 0 Å². The average Bonchev–Trinajstić information content (AvgIpc) is 2.84. The third-order valence-corrected chi connectivity index (χ3v) is 4.46. The fourth-order valence-electron chi connectivity index (χ4n) is 2.08. The van der Waals surface area contributed by atoms with E-state index in [2.05, 4.69) is 0 Å². The van der Waals surface area contributed by atoms with Gasteiger partial charge in [0.1, 0.15) is 12.3 Å². The Hall–Kier alpha value is -2.28. The first-order valence-electron chi connectivity index (χ1n) is 8.12. The van der Waals surface area contributed by atoms with Crippen LogP contribution >= 0.6 is 11.8 Å². The molecule has 1 aromatic carbocycles. The summed E-state index contributed by atoms with van der Waals surface area (Å²) < 4.78 is 10.5. The molecule has 1 aliphatic rings. The lowest BCUT2D eigenvalue weighted by atomic mass is 10.2. The molecule has 6 nitrogen and oxygen atoms in total. The molecule has 0 N–H and O–H groups in total. The first-order chi connectivity index (χ1) is 11.9. The van der Waals surface area contributed by atoms with Gasteiger partial charge in [0, 0.05) is 0 Å². The number of hydrogen-bond acceptors (Lipinski definition) is 6. The van der Waals surface area contributed by atoms with Crippen molar-refractivity contribution in [2.75, 3.05) is 13.2 Å². The topological polar surface area (TPSA) is 72.9 Å². The number of thioether (sulfide) groups is 1. The maximum Gasteiger partial charge on any atom is 0.326 e. The van der Waals surface area contributed by atoms with E-state index in [9.17, 15) is 14.4 Å². The zero-order valence-electron chi connectivity index (χ0n) is 14.5. The summed E-state index contributed by atoms with van der Waals surface area (Å²) in [6.07, 6.45) is 2.67. The van der Waals surface area contributed by atoms with Gasteiger partial charge in [0.05, 0.1) is 17.6 Å². The molecule has 0 saturated carbocycles. The van der Waals surface area contributed by atoms with Gasteiger partial charge in [0.2, 0.25) is 0 Å². The van der Waals surface area contributed by atoms with Gasteiger partial charge in [-0.3, -0.25) is 19.3 Å². The molecular formula is C18H21NO5S. The molecule has 0 radical (unpaired) electrons. The van der Waals surface area contributed by atoms with Crippen LogP contribution in [0.2, 0.25) is 0 Å². The van der Waals surface area contributed by atoms with E-state index in [0.717, 1.165) is 34.4 Å². The van der Waals surface area contributed by atoms with Crippen molar-refractivity contribution < 1.29 is 23.9 Å². The number of rotatable bonds is 7. The first kappa shape index (κ1) is 19.1. The van der Waals surface area contributed by atoms with Crippen LogP contribution in [0.1, 0.15) is 32.8 Å².